The predicted octanol–water partition coefficient (Wildman–Crippen LogP) is 2.89. The minimum atomic E-state index is -4.10. The van der Waals surface area contributed by atoms with Crippen molar-refractivity contribution in [1.29, 1.82) is 0 Å². The summed E-state index contributed by atoms with van der Waals surface area (Å²) in [6.45, 7) is 1.85. The molecule has 1 heterocycles. The largest absolute Gasteiger partial charge is 0.389 e. The van der Waals surface area contributed by atoms with E-state index in [0.717, 1.165) is 11.3 Å². The number of benzene rings is 1. The van der Waals surface area contributed by atoms with Gasteiger partial charge < -0.3 is 10.6 Å². The van der Waals surface area contributed by atoms with Crippen LogP contribution in [0.2, 0.25) is 0 Å². The van der Waals surface area contributed by atoms with Crippen LogP contribution >= 0.6 is 0 Å². The maximum Gasteiger partial charge on any atom is 0.389 e. The molecular formula is C13H17F3N2. The monoisotopic (exact) mass is 258 g/mol. The van der Waals surface area contributed by atoms with E-state index in [4.69, 9.17) is 5.73 Å². The molecule has 1 atom stereocenters. The van der Waals surface area contributed by atoms with E-state index in [-0.39, 0.29) is 0 Å². The van der Waals surface area contributed by atoms with Crippen LogP contribution in [0.3, 0.4) is 0 Å². The highest BCUT2D eigenvalue weighted by atomic mass is 19.4. The van der Waals surface area contributed by atoms with Crippen LogP contribution in [0.1, 0.15) is 24.3 Å². The lowest BCUT2D eigenvalue weighted by Gasteiger charge is -2.35. The van der Waals surface area contributed by atoms with Gasteiger partial charge in [-0.05, 0) is 24.0 Å². The smallest absolute Gasteiger partial charge is 0.370 e. The fourth-order valence-electron chi connectivity index (χ4n) is 2.59. The molecule has 0 bridgehead atoms. The Morgan fingerprint density at radius 2 is 2.00 bits per heavy atom. The summed E-state index contributed by atoms with van der Waals surface area (Å²) < 4.78 is 37.6. The summed E-state index contributed by atoms with van der Waals surface area (Å²) in [5.74, 6) is -0.421. The average molecular weight is 258 g/mol. The summed E-state index contributed by atoms with van der Waals surface area (Å²) in [6.07, 6.45) is -4.30. The third kappa shape index (κ3) is 2.96. The number of fused-ring (bicyclic) bond motifs is 1. The number of rotatable bonds is 3. The molecule has 1 aromatic carbocycles. The molecule has 18 heavy (non-hydrogen) atoms. The zero-order valence-electron chi connectivity index (χ0n) is 10.1. The Balaban J connectivity index is 2.25. The molecule has 0 unspecified atom stereocenters. The molecular weight excluding hydrogens is 241 g/mol. The Bertz CT molecular complexity index is 403. The number of hydrogen-bond donors (Lipinski definition) is 1. The van der Waals surface area contributed by atoms with Gasteiger partial charge in [0.2, 0.25) is 0 Å². The van der Waals surface area contributed by atoms with E-state index in [1.54, 1.807) is 12.1 Å². The summed E-state index contributed by atoms with van der Waals surface area (Å²) in [6, 6.07) is 7.34. The molecule has 1 aliphatic heterocycles. The Labute approximate surface area is 105 Å². The van der Waals surface area contributed by atoms with Crippen molar-refractivity contribution in [2.45, 2.75) is 24.9 Å². The third-order valence-electron chi connectivity index (χ3n) is 3.34. The second kappa shape index (κ2) is 5.18. The number of anilines is 1. The van der Waals surface area contributed by atoms with Gasteiger partial charge in [-0.1, -0.05) is 18.2 Å². The highest BCUT2D eigenvalue weighted by Gasteiger charge is 2.35. The maximum atomic E-state index is 12.5. The van der Waals surface area contributed by atoms with Crippen LogP contribution in [0.25, 0.3) is 0 Å². The van der Waals surface area contributed by atoms with Crippen LogP contribution in [0.4, 0.5) is 18.9 Å². The van der Waals surface area contributed by atoms with Crippen molar-refractivity contribution in [3.05, 3.63) is 29.8 Å². The van der Waals surface area contributed by atoms with E-state index in [2.05, 4.69) is 4.90 Å². The van der Waals surface area contributed by atoms with Gasteiger partial charge in [0.15, 0.2) is 0 Å². The minimum absolute atomic E-state index is 0.421. The van der Waals surface area contributed by atoms with E-state index >= 15 is 0 Å². The lowest BCUT2D eigenvalue weighted by molar-refractivity contribution is -0.139. The van der Waals surface area contributed by atoms with Gasteiger partial charge in [0, 0.05) is 25.3 Å². The quantitative estimate of drug-likeness (QED) is 0.903. The average Bonchev–Trinajstić information content (AvgIpc) is 2.31. The lowest BCUT2D eigenvalue weighted by Crippen LogP contribution is -2.36. The number of nitrogens with zero attached hydrogens (tertiary/aromatic N) is 1. The standard InChI is InChI=1S/C13H17F3N2/c14-13(15,16)9-10-5-7-18(8-6-17)12-4-2-1-3-11(10)12/h1-4,10H,5-9,17H2/t10-/m0/s1. The van der Waals surface area contributed by atoms with Gasteiger partial charge in [-0.25, -0.2) is 0 Å². The summed E-state index contributed by atoms with van der Waals surface area (Å²) in [4.78, 5) is 2.07. The second-order valence-corrected chi connectivity index (χ2v) is 4.64. The van der Waals surface area contributed by atoms with E-state index in [9.17, 15) is 13.2 Å². The molecule has 0 radical (unpaired) electrons. The van der Waals surface area contributed by atoms with Crippen molar-refractivity contribution in [2.24, 2.45) is 5.73 Å². The number of alkyl halides is 3. The molecule has 0 saturated carbocycles. The second-order valence-electron chi connectivity index (χ2n) is 4.64. The van der Waals surface area contributed by atoms with Crippen LogP contribution < -0.4 is 10.6 Å². The van der Waals surface area contributed by atoms with Crippen molar-refractivity contribution in [3.8, 4) is 0 Å². The summed E-state index contributed by atoms with van der Waals surface area (Å²) in [5.41, 5.74) is 7.24. The number of hydrogen-bond acceptors (Lipinski definition) is 2. The van der Waals surface area contributed by atoms with Gasteiger partial charge in [-0.3, -0.25) is 0 Å². The molecule has 2 nitrogen and oxygen atoms in total. The molecule has 2 rings (SSSR count). The first-order valence-electron chi connectivity index (χ1n) is 6.12. The van der Waals surface area contributed by atoms with Gasteiger partial charge in [0.25, 0.3) is 0 Å². The highest BCUT2D eigenvalue weighted by Crippen LogP contribution is 2.41. The minimum Gasteiger partial charge on any atom is -0.370 e. The Morgan fingerprint density at radius 3 is 2.67 bits per heavy atom. The summed E-state index contributed by atoms with van der Waals surface area (Å²) in [7, 11) is 0. The predicted molar refractivity (Wildman–Crippen MR) is 65.7 cm³/mol. The molecule has 5 heteroatoms. The molecule has 0 saturated heterocycles. The Kier molecular flexibility index (Phi) is 3.80. The van der Waals surface area contributed by atoms with Gasteiger partial charge in [0.1, 0.15) is 0 Å². The molecule has 0 amide bonds. The van der Waals surface area contributed by atoms with Crippen molar-refractivity contribution in [2.75, 3.05) is 24.5 Å². The summed E-state index contributed by atoms with van der Waals surface area (Å²) in [5, 5.41) is 0. The first-order valence-corrected chi connectivity index (χ1v) is 6.12. The first-order chi connectivity index (χ1) is 8.51. The van der Waals surface area contributed by atoms with Crippen molar-refractivity contribution in [3.63, 3.8) is 0 Å². The van der Waals surface area contributed by atoms with E-state index in [1.165, 1.54) is 0 Å². The molecule has 0 spiro atoms. The maximum absolute atomic E-state index is 12.5. The molecule has 0 fully saturated rings. The molecule has 1 aliphatic rings. The fourth-order valence-corrected chi connectivity index (χ4v) is 2.59. The summed E-state index contributed by atoms with van der Waals surface area (Å²) >= 11 is 0. The van der Waals surface area contributed by atoms with Crippen molar-refractivity contribution < 1.29 is 13.2 Å². The first kappa shape index (κ1) is 13.2. The molecule has 2 N–H and O–H groups in total. The third-order valence-corrected chi connectivity index (χ3v) is 3.34. The lowest BCUT2D eigenvalue weighted by atomic mass is 9.87. The van der Waals surface area contributed by atoms with Gasteiger partial charge in [-0.15, -0.1) is 0 Å². The highest BCUT2D eigenvalue weighted by molar-refractivity contribution is 5.57. The zero-order chi connectivity index (χ0) is 13.2. The Hall–Kier alpha value is -1.23. The van der Waals surface area contributed by atoms with Crippen LogP contribution in [0.5, 0.6) is 0 Å². The van der Waals surface area contributed by atoms with Gasteiger partial charge >= 0.3 is 6.18 Å². The Morgan fingerprint density at radius 1 is 1.28 bits per heavy atom. The van der Waals surface area contributed by atoms with E-state index < -0.39 is 18.5 Å². The molecule has 1 aromatic rings. The van der Waals surface area contributed by atoms with Crippen LogP contribution in [0.15, 0.2) is 24.3 Å². The topological polar surface area (TPSA) is 29.3 Å². The van der Waals surface area contributed by atoms with Crippen LogP contribution in [-0.4, -0.2) is 25.8 Å². The van der Waals surface area contributed by atoms with E-state index in [1.807, 2.05) is 12.1 Å². The molecule has 0 aliphatic carbocycles. The molecule has 100 valence electrons. The number of nitrogens with two attached hydrogens (primary N) is 1. The normalized spacial score (nSPS) is 19.8. The molecule has 0 aromatic heterocycles. The number of para-hydroxylation sites is 1. The van der Waals surface area contributed by atoms with Crippen LogP contribution in [0, 0.1) is 0 Å². The van der Waals surface area contributed by atoms with Crippen molar-refractivity contribution in [1.82, 2.24) is 0 Å². The van der Waals surface area contributed by atoms with E-state index in [0.29, 0.717) is 26.1 Å². The van der Waals surface area contributed by atoms with Gasteiger partial charge in [-0.2, -0.15) is 13.2 Å². The fraction of sp³-hybridized carbons (Fsp3) is 0.538. The SMILES string of the molecule is NCCN1CC[C@@H](CC(F)(F)F)c2ccccc21. The van der Waals surface area contributed by atoms with Gasteiger partial charge in [0.05, 0.1) is 6.42 Å². The van der Waals surface area contributed by atoms with Crippen LogP contribution in [-0.2, 0) is 0 Å². The number of halogens is 3. The van der Waals surface area contributed by atoms with Crippen molar-refractivity contribution >= 4 is 5.69 Å². The zero-order valence-corrected chi connectivity index (χ0v) is 10.1.